The van der Waals surface area contributed by atoms with Gasteiger partial charge in [0, 0.05) is 16.9 Å². The Hall–Kier alpha value is -1.38. The van der Waals surface area contributed by atoms with Crippen LogP contribution >= 0.6 is 11.6 Å². The Labute approximate surface area is 126 Å². The Balaban J connectivity index is 2.38. The van der Waals surface area contributed by atoms with Crippen LogP contribution in [0, 0.1) is 13.8 Å². The summed E-state index contributed by atoms with van der Waals surface area (Å²) in [6.07, 6.45) is 3.05. The van der Waals surface area contributed by atoms with E-state index >= 15 is 0 Å². The van der Waals surface area contributed by atoms with E-state index in [-0.39, 0.29) is 6.04 Å². The third-order valence-corrected chi connectivity index (χ3v) is 3.64. The number of rotatable bonds is 5. The minimum Gasteiger partial charge on any atom is -0.306 e. The standard InChI is InChI=1S/C17H21ClN2/c1-4-9-19-17(14-6-5-13(3)20-11-14)16-8-7-15(18)10-12(16)2/h5-8,10-11,17,19H,4,9H2,1-3H3. The molecule has 0 fully saturated rings. The molecule has 0 aliphatic heterocycles. The average Bonchev–Trinajstić information content (AvgIpc) is 2.42. The quantitative estimate of drug-likeness (QED) is 0.880. The summed E-state index contributed by atoms with van der Waals surface area (Å²) in [4.78, 5) is 4.41. The molecule has 1 heterocycles. The Bertz CT molecular complexity index is 564. The van der Waals surface area contributed by atoms with E-state index in [0.29, 0.717) is 0 Å². The zero-order chi connectivity index (χ0) is 14.5. The molecule has 0 aliphatic rings. The van der Waals surface area contributed by atoms with Gasteiger partial charge in [-0.25, -0.2) is 0 Å². The van der Waals surface area contributed by atoms with Gasteiger partial charge in [-0.2, -0.15) is 0 Å². The first-order valence-electron chi connectivity index (χ1n) is 7.03. The van der Waals surface area contributed by atoms with Gasteiger partial charge in [0.1, 0.15) is 0 Å². The van der Waals surface area contributed by atoms with Crippen LogP contribution in [0.15, 0.2) is 36.5 Å². The van der Waals surface area contributed by atoms with E-state index in [1.54, 1.807) is 0 Å². The van der Waals surface area contributed by atoms with Crippen molar-refractivity contribution in [1.82, 2.24) is 10.3 Å². The SMILES string of the molecule is CCCNC(c1ccc(C)nc1)c1ccc(Cl)cc1C. The summed E-state index contributed by atoms with van der Waals surface area (Å²) >= 11 is 6.06. The lowest BCUT2D eigenvalue weighted by Crippen LogP contribution is -2.24. The van der Waals surface area contributed by atoms with Crippen molar-refractivity contribution in [1.29, 1.82) is 0 Å². The molecule has 3 heteroatoms. The van der Waals surface area contributed by atoms with Gasteiger partial charge in [-0.05, 0) is 61.7 Å². The van der Waals surface area contributed by atoms with Crippen LogP contribution in [0.25, 0.3) is 0 Å². The van der Waals surface area contributed by atoms with E-state index in [9.17, 15) is 0 Å². The van der Waals surface area contributed by atoms with Crippen molar-refractivity contribution in [3.63, 3.8) is 0 Å². The number of nitrogens with one attached hydrogen (secondary N) is 1. The number of halogens is 1. The highest BCUT2D eigenvalue weighted by Gasteiger charge is 2.15. The first-order chi connectivity index (χ1) is 9.61. The highest BCUT2D eigenvalue weighted by Crippen LogP contribution is 2.26. The van der Waals surface area contributed by atoms with E-state index < -0.39 is 0 Å². The van der Waals surface area contributed by atoms with E-state index in [0.717, 1.165) is 23.7 Å². The molecule has 0 radical (unpaired) electrons. The first-order valence-corrected chi connectivity index (χ1v) is 7.41. The molecule has 1 N–H and O–H groups in total. The summed E-state index contributed by atoms with van der Waals surface area (Å²) in [5.41, 5.74) is 4.69. The molecule has 2 aromatic rings. The van der Waals surface area contributed by atoms with E-state index in [2.05, 4.69) is 42.3 Å². The molecule has 0 spiro atoms. The number of aromatic nitrogens is 1. The fourth-order valence-electron chi connectivity index (χ4n) is 2.31. The van der Waals surface area contributed by atoms with Crippen LogP contribution in [0.5, 0.6) is 0 Å². The van der Waals surface area contributed by atoms with Gasteiger partial charge in [0.15, 0.2) is 0 Å². The van der Waals surface area contributed by atoms with Gasteiger partial charge in [-0.1, -0.05) is 30.7 Å². The fourth-order valence-corrected chi connectivity index (χ4v) is 2.54. The largest absolute Gasteiger partial charge is 0.306 e. The molecule has 0 saturated heterocycles. The lowest BCUT2D eigenvalue weighted by atomic mass is 9.96. The summed E-state index contributed by atoms with van der Waals surface area (Å²) in [6, 6.07) is 10.4. The Morgan fingerprint density at radius 2 is 2.00 bits per heavy atom. The molecule has 0 aliphatic carbocycles. The number of pyridine rings is 1. The molecule has 20 heavy (non-hydrogen) atoms. The second-order valence-electron chi connectivity index (χ2n) is 5.12. The molecule has 2 rings (SSSR count). The summed E-state index contributed by atoms with van der Waals surface area (Å²) in [5, 5.41) is 4.38. The van der Waals surface area contributed by atoms with Crippen molar-refractivity contribution in [2.45, 2.75) is 33.2 Å². The Kier molecular flexibility index (Phi) is 5.16. The van der Waals surface area contributed by atoms with Crippen molar-refractivity contribution in [3.8, 4) is 0 Å². The minimum absolute atomic E-state index is 0.167. The molecule has 0 bridgehead atoms. The number of hydrogen-bond donors (Lipinski definition) is 1. The van der Waals surface area contributed by atoms with Crippen molar-refractivity contribution >= 4 is 11.6 Å². The molecule has 1 aromatic heterocycles. The smallest absolute Gasteiger partial charge is 0.0594 e. The van der Waals surface area contributed by atoms with E-state index in [4.69, 9.17) is 11.6 Å². The summed E-state index contributed by atoms with van der Waals surface area (Å²) < 4.78 is 0. The third kappa shape index (κ3) is 3.59. The molecule has 1 atom stereocenters. The minimum atomic E-state index is 0.167. The van der Waals surface area contributed by atoms with Crippen molar-refractivity contribution in [3.05, 3.63) is 63.9 Å². The monoisotopic (exact) mass is 288 g/mol. The summed E-state index contributed by atoms with van der Waals surface area (Å²) in [7, 11) is 0. The topological polar surface area (TPSA) is 24.9 Å². The summed E-state index contributed by atoms with van der Waals surface area (Å²) in [5.74, 6) is 0. The van der Waals surface area contributed by atoms with Crippen LogP contribution in [0.2, 0.25) is 5.02 Å². The number of hydrogen-bond acceptors (Lipinski definition) is 2. The maximum Gasteiger partial charge on any atom is 0.0594 e. The van der Waals surface area contributed by atoms with Gasteiger partial charge in [0.25, 0.3) is 0 Å². The number of aryl methyl sites for hydroxylation is 2. The van der Waals surface area contributed by atoms with Gasteiger partial charge >= 0.3 is 0 Å². The normalized spacial score (nSPS) is 12.4. The van der Waals surface area contributed by atoms with E-state index in [1.807, 2.05) is 25.3 Å². The number of benzene rings is 1. The van der Waals surface area contributed by atoms with Gasteiger partial charge in [-0.15, -0.1) is 0 Å². The van der Waals surface area contributed by atoms with Crippen LogP contribution in [-0.4, -0.2) is 11.5 Å². The van der Waals surface area contributed by atoms with Crippen LogP contribution in [-0.2, 0) is 0 Å². The Morgan fingerprint density at radius 3 is 2.60 bits per heavy atom. The third-order valence-electron chi connectivity index (χ3n) is 3.41. The summed E-state index contributed by atoms with van der Waals surface area (Å²) in [6.45, 7) is 7.25. The predicted molar refractivity (Wildman–Crippen MR) is 85.3 cm³/mol. The highest BCUT2D eigenvalue weighted by atomic mass is 35.5. The molecule has 0 amide bonds. The van der Waals surface area contributed by atoms with Crippen LogP contribution in [0.1, 0.15) is 41.8 Å². The maximum absolute atomic E-state index is 6.06. The highest BCUT2D eigenvalue weighted by molar-refractivity contribution is 6.30. The second kappa shape index (κ2) is 6.87. The van der Waals surface area contributed by atoms with Gasteiger partial charge in [-0.3, -0.25) is 4.98 Å². The van der Waals surface area contributed by atoms with Crippen LogP contribution in [0.3, 0.4) is 0 Å². The zero-order valence-corrected chi connectivity index (χ0v) is 13.0. The van der Waals surface area contributed by atoms with E-state index in [1.165, 1.54) is 16.7 Å². The zero-order valence-electron chi connectivity index (χ0n) is 12.3. The maximum atomic E-state index is 6.06. The molecule has 1 unspecified atom stereocenters. The van der Waals surface area contributed by atoms with Crippen molar-refractivity contribution in [2.75, 3.05) is 6.54 Å². The number of nitrogens with zero attached hydrogens (tertiary/aromatic N) is 1. The van der Waals surface area contributed by atoms with Crippen LogP contribution in [0.4, 0.5) is 0 Å². The van der Waals surface area contributed by atoms with Crippen molar-refractivity contribution < 1.29 is 0 Å². The molecule has 1 aromatic carbocycles. The van der Waals surface area contributed by atoms with Gasteiger partial charge < -0.3 is 5.32 Å². The van der Waals surface area contributed by atoms with Crippen molar-refractivity contribution in [2.24, 2.45) is 0 Å². The second-order valence-corrected chi connectivity index (χ2v) is 5.56. The molecule has 2 nitrogen and oxygen atoms in total. The molecular weight excluding hydrogens is 268 g/mol. The Morgan fingerprint density at radius 1 is 1.20 bits per heavy atom. The lowest BCUT2D eigenvalue weighted by molar-refractivity contribution is 0.594. The lowest BCUT2D eigenvalue weighted by Gasteiger charge is -2.21. The van der Waals surface area contributed by atoms with Gasteiger partial charge in [0.2, 0.25) is 0 Å². The first kappa shape index (κ1) is 15.0. The fraction of sp³-hybridized carbons (Fsp3) is 0.353. The molecule has 106 valence electrons. The predicted octanol–water partition coefficient (Wildman–Crippen LogP) is 4.44. The van der Waals surface area contributed by atoms with Gasteiger partial charge in [0.05, 0.1) is 6.04 Å². The molecule has 0 saturated carbocycles. The van der Waals surface area contributed by atoms with Crippen LogP contribution < -0.4 is 5.32 Å². The molecular formula is C17H21ClN2. The average molecular weight is 289 g/mol.